The number of aliphatic hydroxyl groups excluding tert-OH is 1. The van der Waals surface area contributed by atoms with Crippen LogP contribution in [0.1, 0.15) is 6.42 Å². The normalized spacial score (nSPS) is 30.3. The predicted octanol–water partition coefficient (Wildman–Crippen LogP) is -1.27. The number of nitrogens with zero attached hydrogens (tertiary/aromatic N) is 1. The van der Waals surface area contributed by atoms with Crippen molar-refractivity contribution >= 4 is 5.97 Å². The number of hydrogen-bond donors (Lipinski definition) is 3. The highest BCUT2D eigenvalue weighted by molar-refractivity contribution is 5.67. The van der Waals surface area contributed by atoms with E-state index in [2.05, 4.69) is 5.32 Å². The van der Waals surface area contributed by atoms with E-state index in [9.17, 15) is 4.79 Å². The minimum atomic E-state index is -0.828. The van der Waals surface area contributed by atoms with Crippen molar-refractivity contribution in [2.75, 3.05) is 26.7 Å². The van der Waals surface area contributed by atoms with Gasteiger partial charge in [0.25, 0.3) is 0 Å². The molecule has 13 heavy (non-hydrogen) atoms. The van der Waals surface area contributed by atoms with Crippen LogP contribution in [0.5, 0.6) is 0 Å². The molecule has 1 aliphatic rings. The van der Waals surface area contributed by atoms with Gasteiger partial charge in [-0.25, -0.2) is 0 Å². The van der Waals surface area contributed by atoms with Crippen molar-refractivity contribution in [3.8, 4) is 0 Å². The van der Waals surface area contributed by atoms with Gasteiger partial charge in [-0.1, -0.05) is 0 Å². The first-order valence-corrected chi connectivity index (χ1v) is 4.41. The summed E-state index contributed by atoms with van der Waals surface area (Å²) in [5.41, 5.74) is 0. The molecule has 1 rings (SSSR count). The highest BCUT2D eigenvalue weighted by atomic mass is 16.4. The molecule has 0 amide bonds. The molecule has 2 unspecified atom stereocenters. The second-order valence-corrected chi connectivity index (χ2v) is 3.39. The van der Waals surface area contributed by atoms with Crippen molar-refractivity contribution in [2.24, 2.45) is 0 Å². The predicted molar refractivity (Wildman–Crippen MR) is 47.5 cm³/mol. The monoisotopic (exact) mass is 188 g/mol. The Balaban J connectivity index is 2.53. The van der Waals surface area contributed by atoms with Gasteiger partial charge in [-0.05, 0) is 7.05 Å². The van der Waals surface area contributed by atoms with Crippen LogP contribution in [0.3, 0.4) is 0 Å². The average molecular weight is 188 g/mol. The second-order valence-electron chi connectivity index (χ2n) is 3.39. The zero-order valence-corrected chi connectivity index (χ0v) is 7.73. The summed E-state index contributed by atoms with van der Waals surface area (Å²) >= 11 is 0. The highest BCUT2D eigenvalue weighted by Gasteiger charge is 2.29. The van der Waals surface area contributed by atoms with Gasteiger partial charge in [0.15, 0.2) is 0 Å². The summed E-state index contributed by atoms with van der Waals surface area (Å²) in [6, 6.07) is -0.217. The van der Waals surface area contributed by atoms with Crippen molar-refractivity contribution in [3.05, 3.63) is 0 Å². The van der Waals surface area contributed by atoms with Gasteiger partial charge in [-0.15, -0.1) is 0 Å². The topological polar surface area (TPSA) is 72.8 Å². The number of carboxylic acid groups (broad SMARTS) is 1. The van der Waals surface area contributed by atoms with E-state index in [1.54, 1.807) is 0 Å². The third-order valence-corrected chi connectivity index (χ3v) is 2.48. The average Bonchev–Trinajstić information content (AvgIpc) is 2.03. The van der Waals surface area contributed by atoms with Gasteiger partial charge in [0, 0.05) is 25.2 Å². The maximum absolute atomic E-state index is 10.5. The molecule has 1 fully saturated rings. The number of hydrogen-bond acceptors (Lipinski definition) is 4. The molecule has 0 radical (unpaired) electrons. The SMILES string of the molecule is CN1CCNC(CC(=O)O)C1CO. The van der Waals surface area contributed by atoms with E-state index in [1.165, 1.54) is 0 Å². The fourth-order valence-electron chi connectivity index (χ4n) is 1.70. The molecule has 1 aliphatic heterocycles. The van der Waals surface area contributed by atoms with E-state index < -0.39 is 5.97 Å². The van der Waals surface area contributed by atoms with E-state index >= 15 is 0 Å². The third kappa shape index (κ3) is 2.65. The quantitative estimate of drug-likeness (QED) is 0.515. The summed E-state index contributed by atoms with van der Waals surface area (Å²) < 4.78 is 0. The van der Waals surface area contributed by atoms with E-state index in [1.807, 2.05) is 11.9 Å². The maximum Gasteiger partial charge on any atom is 0.304 e. The summed E-state index contributed by atoms with van der Waals surface area (Å²) in [6.45, 7) is 1.63. The lowest BCUT2D eigenvalue weighted by molar-refractivity contribution is -0.138. The molecule has 76 valence electrons. The van der Waals surface area contributed by atoms with Crippen molar-refractivity contribution < 1.29 is 15.0 Å². The summed E-state index contributed by atoms with van der Waals surface area (Å²) in [5, 5.41) is 20.8. The Morgan fingerprint density at radius 2 is 2.38 bits per heavy atom. The number of nitrogens with one attached hydrogen (secondary N) is 1. The molecule has 0 bridgehead atoms. The number of aliphatic hydroxyl groups is 1. The lowest BCUT2D eigenvalue weighted by Crippen LogP contribution is -2.58. The standard InChI is InChI=1S/C8H16N2O3/c1-10-3-2-9-6(4-8(12)13)7(10)5-11/h6-7,9,11H,2-5H2,1H3,(H,12,13). The van der Waals surface area contributed by atoms with E-state index in [0.717, 1.165) is 13.1 Å². The van der Waals surface area contributed by atoms with Crippen molar-refractivity contribution in [1.29, 1.82) is 0 Å². The fraction of sp³-hybridized carbons (Fsp3) is 0.875. The van der Waals surface area contributed by atoms with Crippen LogP contribution in [0.15, 0.2) is 0 Å². The van der Waals surface area contributed by atoms with Gasteiger partial charge in [-0.3, -0.25) is 9.69 Å². The van der Waals surface area contributed by atoms with Crippen molar-refractivity contribution in [2.45, 2.75) is 18.5 Å². The van der Waals surface area contributed by atoms with Gasteiger partial charge < -0.3 is 15.5 Å². The fourth-order valence-corrected chi connectivity index (χ4v) is 1.70. The lowest BCUT2D eigenvalue weighted by atomic mass is 10.0. The van der Waals surface area contributed by atoms with Crippen LogP contribution < -0.4 is 5.32 Å². The molecule has 1 saturated heterocycles. The molecule has 5 nitrogen and oxygen atoms in total. The van der Waals surface area contributed by atoms with Crippen LogP contribution in [-0.2, 0) is 4.79 Å². The summed E-state index contributed by atoms with van der Waals surface area (Å²) in [5.74, 6) is -0.828. The number of carboxylic acids is 1. The molecule has 0 aromatic rings. The Morgan fingerprint density at radius 1 is 1.69 bits per heavy atom. The molecule has 0 aromatic heterocycles. The minimum Gasteiger partial charge on any atom is -0.481 e. The number of piperazine rings is 1. The zero-order valence-electron chi connectivity index (χ0n) is 7.73. The van der Waals surface area contributed by atoms with Gasteiger partial charge in [0.2, 0.25) is 0 Å². The minimum absolute atomic E-state index is 0.00144. The number of aliphatic carboxylic acids is 1. The molecule has 0 aliphatic carbocycles. The first-order chi connectivity index (χ1) is 6.15. The smallest absolute Gasteiger partial charge is 0.304 e. The molecule has 1 heterocycles. The van der Waals surface area contributed by atoms with Crippen LogP contribution >= 0.6 is 0 Å². The van der Waals surface area contributed by atoms with E-state index in [-0.39, 0.29) is 25.1 Å². The van der Waals surface area contributed by atoms with E-state index in [4.69, 9.17) is 10.2 Å². The largest absolute Gasteiger partial charge is 0.481 e. The van der Waals surface area contributed by atoms with Gasteiger partial charge in [0.05, 0.1) is 13.0 Å². The lowest BCUT2D eigenvalue weighted by Gasteiger charge is -2.38. The molecular weight excluding hydrogens is 172 g/mol. The molecular formula is C8H16N2O3. The maximum atomic E-state index is 10.5. The van der Waals surface area contributed by atoms with E-state index in [0.29, 0.717) is 0 Å². The Hall–Kier alpha value is -0.650. The van der Waals surface area contributed by atoms with Crippen molar-refractivity contribution in [1.82, 2.24) is 10.2 Å². The van der Waals surface area contributed by atoms with Crippen molar-refractivity contribution in [3.63, 3.8) is 0 Å². The summed E-state index contributed by atoms with van der Waals surface area (Å²) in [4.78, 5) is 12.5. The Kier molecular flexibility index (Phi) is 3.65. The first kappa shape index (κ1) is 10.4. The molecule has 3 N–H and O–H groups in total. The van der Waals surface area contributed by atoms with Crippen LogP contribution in [0, 0.1) is 0 Å². The van der Waals surface area contributed by atoms with Crippen LogP contribution in [0.4, 0.5) is 0 Å². The number of rotatable bonds is 3. The number of likely N-dealkylation sites (N-methyl/N-ethyl adjacent to an activating group) is 1. The zero-order chi connectivity index (χ0) is 9.84. The molecule has 0 aromatic carbocycles. The third-order valence-electron chi connectivity index (χ3n) is 2.48. The molecule has 0 spiro atoms. The number of carbonyl (C=O) groups is 1. The molecule has 2 atom stereocenters. The van der Waals surface area contributed by atoms with Crippen LogP contribution in [-0.4, -0.2) is 59.9 Å². The van der Waals surface area contributed by atoms with Gasteiger partial charge >= 0.3 is 5.97 Å². The Bertz CT molecular complexity index is 186. The van der Waals surface area contributed by atoms with Crippen LogP contribution in [0.25, 0.3) is 0 Å². The molecule has 0 saturated carbocycles. The van der Waals surface area contributed by atoms with Crippen LogP contribution in [0.2, 0.25) is 0 Å². The van der Waals surface area contributed by atoms with Gasteiger partial charge in [-0.2, -0.15) is 0 Å². The summed E-state index contributed by atoms with van der Waals surface area (Å²) in [6.07, 6.45) is 0.0650. The summed E-state index contributed by atoms with van der Waals surface area (Å²) in [7, 11) is 1.90. The highest BCUT2D eigenvalue weighted by Crippen LogP contribution is 2.09. The Labute approximate surface area is 77.3 Å². The Morgan fingerprint density at radius 3 is 2.92 bits per heavy atom. The second kappa shape index (κ2) is 4.55. The van der Waals surface area contributed by atoms with Gasteiger partial charge in [0.1, 0.15) is 0 Å². The first-order valence-electron chi connectivity index (χ1n) is 4.41. The molecule has 5 heteroatoms.